The van der Waals surface area contributed by atoms with Crippen LogP contribution in [0.5, 0.6) is 0 Å². The molecular weight excluding hydrogens is 438 g/mol. The number of amides is 1. The maximum absolute atomic E-state index is 12.6. The zero-order valence-corrected chi connectivity index (χ0v) is 21.1. The fourth-order valence-electron chi connectivity index (χ4n) is 4.33. The molecule has 1 aliphatic carbocycles. The highest BCUT2D eigenvalue weighted by atomic mass is 16.5. The van der Waals surface area contributed by atoms with Crippen LogP contribution in [-0.2, 0) is 9.53 Å². The Bertz CT molecular complexity index is 1080. The van der Waals surface area contributed by atoms with Gasteiger partial charge in [-0.25, -0.2) is 9.98 Å². The number of carbonyl (C=O) groups excluding carboxylic acids is 1. The van der Waals surface area contributed by atoms with Crippen molar-refractivity contribution in [3.05, 3.63) is 60.1 Å². The van der Waals surface area contributed by atoms with Gasteiger partial charge in [-0.15, -0.1) is 0 Å². The Hall–Kier alpha value is -3.50. The lowest BCUT2D eigenvalue weighted by Gasteiger charge is -2.41. The summed E-state index contributed by atoms with van der Waals surface area (Å²) in [6, 6.07) is 6.18. The molecule has 35 heavy (non-hydrogen) atoms. The summed E-state index contributed by atoms with van der Waals surface area (Å²) < 4.78 is 5.06. The van der Waals surface area contributed by atoms with Gasteiger partial charge in [0.15, 0.2) is 0 Å². The molecule has 1 aromatic rings. The van der Waals surface area contributed by atoms with E-state index in [1.54, 1.807) is 19.3 Å². The van der Waals surface area contributed by atoms with Gasteiger partial charge >= 0.3 is 0 Å². The molecule has 1 unspecified atom stereocenters. The predicted octanol–water partition coefficient (Wildman–Crippen LogP) is 4.56. The number of piperazine rings is 1. The lowest BCUT2D eigenvalue weighted by molar-refractivity contribution is -0.135. The van der Waals surface area contributed by atoms with Crippen LogP contribution in [0, 0.1) is 17.2 Å². The summed E-state index contributed by atoms with van der Waals surface area (Å²) >= 11 is 0. The third-order valence-corrected chi connectivity index (χ3v) is 6.46. The average Bonchev–Trinajstić information content (AvgIpc) is 3.72. The van der Waals surface area contributed by atoms with Crippen molar-refractivity contribution in [2.75, 3.05) is 33.4 Å². The van der Waals surface area contributed by atoms with Crippen LogP contribution < -0.4 is 0 Å². The fourth-order valence-corrected chi connectivity index (χ4v) is 4.33. The van der Waals surface area contributed by atoms with Gasteiger partial charge in [0.25, 0.3) is 0 Å². The molecule has 1 aliphatic heterocycles. The Labute approximate surface area is 208 Å². The second kappa shape index (κ2) is 11.8. The minimum Gasteiger partial charge on any atom is -0.384 e. The first-order valence-electron chi connectivity index (χ1n) is 12.0. The number of nitrogens with zero attached hydrogens (tertiary/aromatic N) is 5. The molecule has 7 heteroatoms. The van der Waals surface area contributed by atoms with E-state index in [1.165, 1.54) is 0 Å². The molecule has 0 bridgehead atoms. The van der Waals surface area contributed by atoms with Crippen molar-refractivity contribution < 1.29 is 9.53 Å². The van der Waals surface area contributed by atoms with Crippen molar-refractivity contribution >= 4 is 29.5 Å². The van der Waals surface area contributed by atoms with Crippen LogP contribution in [0.2, 0.25) is 0 Å². The molecule has 1 saturated heterocycles. The first-order chi connectivity index (χ1) is 16.8. The standard InChI is InChI=1S/C28H35N5O2/c1-7-24-15-23(16-25(8-2)30-24)21(5)27(22-9-10-22)31-28(19(3)17-29)32-12-13-33(20(4)18-32)26(34)11-14-35-6/h7-8,15-16,20,22H,1-3,9-14,18H2,4-6H3/b27-21+,31-28+. The van der Waals surface area contributed by atoms with E-state index >= 15 is 0 Å². The average molecular weight is 474 g/mol. The zero-order chi connectivity index (χ0) is 25.5. The number of nitriles is 1. The van der Waals surface area contributed by atoms with E-state index < -0.39 is 0 Å². The largest absolute Gasteiger partial charge is 0.384 e. The van der Waals surface area contributed by atoms with E-state index in [2.05, 4.69) is 42.6 Å². The summed E-state index contributed by atoms with van der Waals surface area (Å²) in [5.74, 6) is 1.02. The Balaban J connectivity index is 1.96. The molecule has 1 aromatic heterocycles. The van der Waals surface area contributed by atoms with Crippen molar-refractivity contribution in [3.63, 3.8) is 0 Å². The molecule has 0 spiro atoms. The van der Waals surface area contributed by atoms with E-state index in [-0.39, 0.29) is 11.9 Å². The maximum Gasteiger partial charge on any atom is 0.225 e. The van der Waals surface area contributed by atoms with Gasteiger partial charge in [0, 0.05) is 44.4 Å². The Kier molecular flexibility index (Phi) is 8.78. The van der Waals surface area contributed by atoms with E-state index in [4.69, 9.17) is 9.73 Å². The second-order valence-electron chi connectivity index (χ2n) is 9.05. The van der Waals surface area contributed by atoms with Gasteiger partial charge in [-0.05, 0) is 62.1 Å². The molecule has 2 fully saturated rings. The highest BCUT2D eigenvalue weighted by Crippen LogP contribution is 2.41. The maximum atomic E-state index is 12.6. The molecule has 0 radical (unpaired) electrons. The van der Waals surface area contributed by atoms with Crippen LogP contribution in [0.3, 0.4) is 0 Å². The summed E-state index contributed by atoms with van der Waals surface area (Å²) in [5.41, 5.74) is 4.92. The predicted molar refractivity (Wildman–Crippen MR) is 141 cm³/mol. The summed E-state index contributed by atoms with van der Waals surface area (Å²) in [5, 5.41) is 9.72. The lowest BCUT2D eigenvalue weighted by atomic mass is 10.0. The van der Waals surface area contributed by atoms with Gasteiger partial charge in [-0.1, -0.05) is 19.7 Å². The number of hydrogen-bond acceptors (Lipinski definition) is 5. The molecule has 1 atom stereocenters. The number of ether oxygens (including phenoxy) is 1. The minimum atomic E-state index is -0.00949. The van der Waals surface area contributed by atoms with Gasteiger partial charge in [-0.3, -0.25) is 4.79 Å². The number of rotatable bonds is 9. The Morgan fingerprint density at radius 3 is 2.46 bits per heavy atom. The highest BCUT2D eigenvalue weighted by Gasteiger charge is 2.32. The van der Waals surface area contributed by atoms with Crippen LogP contribution >= 0.6 is 0 Å². The fraction of sp³-hybridized carbons (Fsp3) is 0.429. The van der Waals surface area contributed by atoms with Crippen molar-refractivity contribution in [3.8, 4) is 6.07 Å². The number of carbonyl (C=O) groups is 1. The first kappa shape index (κ1) is 26.1. The molecule has 7 nitrogen and oxygen atoms in total. The third-order valence-electron chi connectivity index (χ3n) is 6.46. The highest BCUT2D eigenvalue weighted by molar-refractivity contribution is 6.02. The minimum absolute atomic E-state index is 0.00949. The number of aromatic nitrogens is 1. The van der Waals surface area contributed by atoms with Crippen LogP contribution in [0.15, 0.2) is 48.1 Å². The molecule has 3 rings (SSSR count). The van der Waals surface area contributed by atoms with Crippen molar-refractivity contribution in [1.29, 1.82) is 5.26 Å². The number of methoxy groups -OCH3 is 1. The number of allylic oxidation sites excluding steroid dienone is 2. The normalized spacial score (nSPS) is 19.0. The summed E-state index contributed by atoms with van der Waals surface area (Å²) in [7, 11) is 1.60. The summed E-state index contributed by atoms with van der Waals surface area (Å²) in [4.78, 5) is 26.1. The SMILES string of the molecule is C=Cc1cc(/C(C)=C(/N=C(\C(=C)C#N)N2CCN(C(=O)CCOC)C(C)C2)C2CC2)cc(C=C)n1. The zero-order valence-electron chi connectivity index (χ0n) is 21.1. The number of hydrogen-bond donors (Lipinski definition) is 0. The Morgan fingerprint density at radius 1 is 1.29 bits per heavy atom. The van der Waals surface area contributed by atoms with Gasteiger partial charge < -0.3 is 14.5 Å². The molecular formula is C28H35N5O2. The Morgan fingerprint density at radius 2 is 1.94 bits per heavy atom. The third kappa shape index (κ3) is 6.34. The first-order valence-corrected chi connectivity index (χ1v) is 12.0. The molecule has 0 aromatic carbocycles. The second-order valence-corrected chi connectivity index (χ2v) is 9.05. The smallest absolute Gasteiger partial charge is 0.225 e. The molecule has 0 N–H and O–H groups in total. The number of aliphatic imine (C=N–C) groups is 1. The monoisotopic (exact) mass is 473 g/mol. The van der Waals surface area contributed by atoms with E-state index in [0.29, 0.717) is 50.0 Å². The van der Waals surface area contributed by atoms with E-state index in [0.717, 1.165) is 41.1 Å². The van der Waals surface area contributed by atoms with E-state index in [9.17, 15) is 10.1 Å². The van der Waals surface area contributed by atoms with Gasteiger partial charge in [0.05, 0.1) is 30.0 Å². The number of pyridine rings is 1. The van der Waals surface area contributed by atoms with Crippen LogP contribution in [0.25, 0.3) is 17.7 Å². The van der Waals surface area contributed by atoms with Crippen LogP contribution in [0.1, 0.15) is 50.1 Å². The molecule has 184 valence electrons. The van der Waals surface area contributed by atoms with Gasteiger partial charge in [-0.2, -0.15) is 5.26 Å². The number of amidine groups is 1. The molecule has 2 aliphatic rings. The van der Waals surface area contributed by atoms with E-state index in [1.807, 2.05) is 24.0 Å². The van der Waals surface area contributed by atoms with Crippen molar-refractivity contribution in [1.82, 2.24) is 14.8 Å². The quantitative estimate of drug-likeness (QED) is 0.298. The molecule has 1 amide bonds. The summed E-state index contributed by atoms with van der Waals surface area (Å²) in [6.45, 7) is 18.0. The van der Waals surface area contributed by atoms with Gasteiger partial charge in [0.2, 0.25) is 5.91 Å². The molecule has 1 saturated carbocycles. The topological polar surface area (TPSA) is 81.8 Å². The summed E-state index contributed by atoms with van der Waals surface area (Å²) in [6.07, 6.45) is 5.94. The van der Waals surface area contributed by atoms with Gasteiger partial charge in [0.1, 0.15) is 11.9 Å². The van der Waals surface area contributed by atoms with Crippen molar-refractivity contribution in [2.24, 2.45) is 10.9 Å². The van der Waals surface area contributed by atoms with Crippen LogP contribution in [-0.4, -0.2) is 65.9 Å². The molecule has 2 heterocycles. The lowest BCUT2D eigenvalue weighted by Crippen LogP contribution is -2.55. The van der Waals surface area contributed by atoms with Crippen LogP contribution in [0.4, 0.5) is 0 Å². The van der Waals surface area contributed by atoms with Crippen molar-refractivity contribution in [2.45, 2.75) is 39.2 Å².